The lowest BCUT2D eigenvalue weighted by molar-refractivity contribution is 0.122. The number of methoxy groups -OCH3 is 1. The van der Waals surface area contributed by atoms with E-state index in [2.05, 4.69) is 41.4 Å². The standard InChI is InChI=1S/C21H25N7O2S/c1-15-17(20(26-14-25-15)28-8-10-30-11-9-28)5-4-16-12-18(21(29-3)24-13-16)27-31-19(23-2)6-7-22/h6-7,12-14,27H,8-11,22H2,1-3H3. The molecule has 0 aliphatic carbocycles. The fraction of sp³-hybridized carbons (Fsp3) is 0.333. The summed E-state index contributed by atoms with van der Waals surface area (Å²) in [6.07, 6.45) is 6.38. The Morgan fingerprint density at radius 1 is 1.32 bits per heavy atom. The molecule has 1 aliphatic rings. The van der Waals surface area contributed by atoms with Gasteiger partial charge in [-0.2, -0.15) is 0 Å². The average Bonchev–Trinajstić information content (AvgIpc) is 2.81. The van der Waals surface area contributed by atoms with Gasteiger partial charge in [-0.15, -0.1) is 0 Å². The minimum Gasteiger partial charge on any atom is -0.480 e. The van der Waals surface area contributed by atoms with E-state index >= 15 is 0 Å². The summed E-state index contributed by atoms with van der Waals surface area (Å²) in [4.78, 5) is 19.5. The lowest BCUT2D eigenvalue weighted by Gasteiger charge is -2.28. The summed E-state index contributed by atoms with van der Waals surface area (Å²) in [5.41, 5.74) is 8.49. The Kier molecular flexibility index (Phi) is 8.09. The molecule has 2 aromatic heterocycles. The summed E-state index contributed by atoms with van der Waals surface area (Å²) in [6.45, 7) is 4.83. The monoisotopic (exact) mass is 439 g/mol. The van der Waals surface area contributed by atoms with Gasteiger partial charge in [0.25, 0.3) is 0 Å². The number of ether oxygens (including phenoxy) is 2. The summed E-state index contributed by atoms with van der Waals surface area (Å²) in [7, 11) is 3.26. The highest BCUT2D eigenvalue weighted by molar-refractivity contribution is 8.15. The number of nitrogens with two attached hydrogens (primary N) is 1. The molecule has 0 saturated carbocycles. The number of pyridine rings is 1. The van der Waals surface area contributed by atoms with Crippen LogP contribution in [0.25, 0.3) is 0 Å². The molecule has 3 rings (SSSR count). The molecular formula is C21H25N7O2S. The van der Waals surface area contributed by atoms with Crippen LogP contribution >= 0.6 is 11.9 Å². The van der Waals surface area contributed by atoms with Crippen LogP contribution in [0, 0.1) is 18.8 Å². The number of aliphatic imine (C=N–C) groups is 1. The number of nitrogens with zero attached hydrogens (tertiary/aromatic N) is 5. The molecule has 0 radical (unpaired) electrons. The molecule has 3 heterocycles. The van der Waals surface area contributed by atoms with Gasteiger partial charge in [0, 0.05) is 43.8 Å². The maximum Gasteiger partial charge on any atom is 0.238 e. The number of aromatic nitrogens is 3. The molecule has 0 unspecified atom stereocenters. The first kappa shape index (κ1) is 22.4. The third-order valence-corrected chi connectivity index (χ3v) is 5.28. The van der Waals surface area contributed by atoms with Crippen LogP contribution < -0.4 is 20.1 Å². The molecule has 10 heteroatoms. The molecule has 1 fully saturated rings. The first-order chi connectivity index (χ1) is 15.2. The third kappa shape index (κ3) is 5.87. The van der Waals surface area contributed by atoms with E-state index < -0.39 is 0 Å². The van der Waals surface area contributed by atoms with Crippen LogP contribution in [0.2, 0.25) is 0 Å². The molecule has 3 N–H and O–H groups in total. The Labute approximate surface area is 186 Å². The van der Waals surface area contributed by atoms with E-state index in [1.807, 2.05) is 13.0 Å². The quantitative estimate of drug-likeness (QED) is 0.313. The van der Waals surface area contributed by atoms with Gasteiger partial charge in [-0.3, -0.25) is 4.99 Å². The summed E-state index contributed by atoms with van der Waals surface area (Å²) < 4.78 is 14.0. The Hall–Kier alpha value is -3.29. The van der Waals surface area contributed by atoms with E-state index in [4.69, 9.17) is 15.2 Å². The largest absolute Gasteiger partial charge is 0.480 e. The number of rotatable bonds is 5. The maximum absolute atomic E-state index is 5.45. The highest BCUT2D eigenvalue weighted by Gasteiger charge is 2.17. The molecular weight excluding hydrogens is 414 g/mol. The van der Waals surface area contributed by atoms with E-state index in [1.54, 1.807) is 32.8 Å². The van der Waals surface area contributed by atoms with Crippen molar-refractivity contribution in [3.63, 3.8) is 0 Å². The zero-order valence-corrected chi connectivity index (χ0v) is 18.6. The normalized spacial score (nSPS) is 14.3. The van der Waals surface area contributed by atoms with Gasteiger partial charge in [0.05, 0.1) is 31.6 Å². The summed E-state index contributed by atoms with van der Waals surface area (Å²) in [6, 6.07) is 1.87. The van der Waals surface area contributed by atoms with Gasteiger partial charge < -0.3 is 24.8 Å². The number of anilines is 2. The highest BCUT2D eigenvalue weighted by atomic mass is 32.2. The van der Waals surface area contributed by atoms with Crippen molar-refractivity contribution in [3.05, 3.63) is 47.7 Å². The first-order valence-electron chi connectivity index (χ1n) is 9.64. The second kappa shape index (κ2) is 11.2. The summed E-state index contributed by atoms with van der Waals surface area (Å²) in [5.74, 6) is 7.70. The van der Waals surface area contributed by atoms with Gasteiger partial charge in [0.1, 0.15) is 22.9 Å². The van der Waals surface area contributed by atoms with E-state index in [-0.39, 0.29) is 0 Å². The Bertz CT molecular complexity index is 1020. The van der Waals surface area contributed by atoms with Crippen molar-refractivity contribution < 1.29 is 9.47 Å². The molecule has 0 amide bonds. The molecule has 1 aliphatic heterocycles. The second-order valence-electron chi connectivity index (χ2n) is 6.41. The van der Waals surface area contributed by atoms with Crippen molar-refractivity contribution in [1.29, 1.82) is 0 Å². The molecule has 162 valence electrons. The number of hydrogen-bond donors (Lipinski definition) is 2. The third-order valence-electron chi connectivity index (χ3n) is 4.43. The molecule has 0 spiro atoms. The zero-order chi connectivity index (χ0) is 22.1. The Morgan fingerprint density at radius 3 is 2.84 bits per heavy atom. The lowest BCUT2D eigenvalue weighted by Crippen LogP contribution is -2.37. The minimum absolute atomic E-state index is 0.457. The van der Waals surface area contributed by atoms with Gasteiger partial charge in [-0.25, -0.2) is 15.0 Å². The second-order valence-corrected chi connectivity index (χ2v) is 7.24. The van der Waals surface area contributed by atoms with Gasteiger partial charge in [0.15, 0.2) is 0 Å². The molecule has 0 aromatic carbocycles. The van der Waals surface area contributed by atoms with Crippen LogP contribution in [0.1, 0.15) is 16.8 Å². The number of hydrogen-bond acceptors (Lipinski definition) is 10. The van der Waals surface area contributed by atoms with E-state index in [0.717, 1.165) is 35.7 Å². The maximum atomic E-state index is 5.45. The van der Waals surface area contributed by atoms with Crippen LogP contribution in [0.5, 0.6) is 5.88 Å². The van der Waals surface area contributed by atoms with Crippen molar-refractivity contribution in [1.82, 2.24) is 15.0 Å². The predicted octanol–water partition coefficient (Wildman–Crippen LogP) is 1.99. The topological polar surface area (TPSA) is 111 Å². The van der Waals surface area contributed by atoms with Crippen molar-refractivity contribution in [2.45, 2.75) is 6.92 Å². The van der Waals surface area contributed by atoms with Crippen LogP contribution in [0.15, 0.2) is 35.9 Å². The van der Waals surface area contributed by atoms with Crippen LogP contribution in [0.3, 0.4) is 0 Å². The SMILES string of the molecule is CN=C(C=CN)SNc1cc(C#Cc2c(C)ncnc2N2CCOCC2)cnc1OC. The Balaban J connectivity index is 1.87. The molecule has 2 aromatic rings. The van der Waals surface area contributed by atoms with Crippen LogP contribution in [0.4, 0.5) is 11.5 Å². The van der Waals surface area contributed by atoms with Crippen molar-refractivity contribution >= 4 is 28.5 Å². The van der Waals surface area contributed by atoms with E-state index in [1.165, 1.54) is 18.1 Å². The molecule has 0 bridgehead atoms. The molecule has 31 heavy (non-hydrogen) atoms. The average molecular weight is 440 g/mol. The number of nitrogens with one attached hydrogen (secondary N) is 1. The van der Waals surface area contributed by atoms with Gasteiger partial charge >= 0.3 is 0 Å². The lowest BCUT2D eigenvalue weighted by atomic mass is 10.2. The summed E-state index contributed by atoms with van der Waals surface area (Å²) in [5, 5.41) is 0.716. The fourth-order valence-corrected chi connectivity index (χ4v) is 3.46. The Morgan fingerprint density at radius 2 is 2.13 bits per heavy atom. The van der Waals surface area contributed by atoms with Crippen molar-refractivity contribution in [2.24, 2.45) is 10.7 Å². The van der Waals surface area contributed by atoms with Crippen molar-refractivity contribution in [2.75, 3.05) is 50.1 Å². The van der Waals surface area contributed by atoms with Crippen molar-refractivity contribution in [3.8, 4) is 17.7 Å². The van der Waals surface area contributed by atoms with Gasteiger partial charge in [-0.1, -0.05) is 11.8 Å². The smallest absolute Gasteiger partial charge is 0.238 e. The zero-order valence-electron chi connectivity index (χ0n) is 17.8. The van der Waals surface area contributed by atoms with E-state index in [9.17, 15) is 0 Å². The minimum atomic E-state index is 0.457. The van der Waals surface area contributed by atoms with Crippen LogP contribution in [-0.2, 0) is 4.74 Å². The summed E-state index contributed by atoms with van der Waals surface area (Å²) >= 11 is 1.30. The molecule has 9 nitrogen and oxygen atoms in total. The van der Waals surface area contributed by atoms with Gasteiger partial charge in [-0.05, 0) is 25.3 Å². The first-order valence-corrected chi connectivity index (χ1v) is 10.5. The highest BCUT2D eigenvalue weighted by Crippen LogP contribution is 2.26. The molecule has 0 atom stereocenters. The van der Waals surface area contributed by atoms with Gasteiger partial charge in [0.2, 0.25) is 5.88 Å². The number of morpholine rings is 1. The van der Waals surface area contributed by atoms with E-state index in [0.29, 0.717) is 29.8 Å². The predicted molar refractivity (Wildman–Crippen MR) is 124 cm³/mol. The molecule has 1 saturated heterocycles. The number of aryl methyl sites for hydroxylation is 1. The fourth-order valence-electron chi connectivity index (χ4n) is 2.86. The van der Waals surface area contributed by atoms with Crippen LogP contribution in [-0.4, -0.2) is 60.5 Å².